The first-order valence-electron chi connectivity index (χ1n) is 11.5. The largest absolute Gasteiger partial charge is 0.507 e. The molecule has 0 saturated carbocycles. The van der Waals surface area contributed by atoms with Gasteiger partial charge >= 0.3 is 0 Å². The van der Waals surface area contributed by atoms with Gasteiger partial charge in [0.05, 0.1) is 5.69 Å². The second-order valence-electron chi connectivity index (χ2n) is 8.95. The fraction of sp³-hybridized carbons (Fsp3) is 0.103. The molecule has 6 nitrogen and oxygen atoms in total. The maximum atomic E-state index is 13.4. The SMILES string of the molecule is Cc1ccc(C(=O)Nc2ccc3[nH]c(C(=O)N4CCc5c4cc(O)c4ccccc54)cc3c2)cc1. The number of carbonyl (C=O) groups excluding carboxylic acids is 2. The van der Waals surface area contributed by atoms with Gasteiger partial charge in [-0.25, -0.2) is 0 Å². The molecule has 0 spiro atoms. The molecule has 0 bridgehead atoms. The number of aromatic nitrogens is 1. The first-order valence-corrected chi connectivity index (χ1v) is 11.5. The van der Waals surface area contributed by atoms with Gasteiger partial charge in [0.25, 0.3) is 11.8 Å². The number of rotatable bonds is 3. The van der Waals surface area contributed by atoms with E-state index in [4.69, 9.17) is 0 Å². The van der Waals surface area contributed by atoms with E-state index < -0.39 is 0 Å². The summed E-state index contributed by atoms with van der Waals surface area (Å²) >= 11 is 0. The first kappa shape index (κ1) is 21.0. The lowest BCUT2D eigenvalue weighted by atomic mass is 10.0. The predicted molar refractivity (Wildman–Crippen MR) is 138 cm³/mol. The van der Waals surface area contributed by atoms with E-state index in [1.54, 1.807) is 29.2 Å². The van der Waals surface area contributed by atoms with Crippen molar-refractivity contribution in [2.24, 2.45) is 0 Å². The number of carbonyl (C=O) groups is 2. The molecule has 3 N–H and O–H groups in total. The number of amides is 2. The van der Waals surface area contributed by atoms with Crippen LogP contribution >= 0.6 is 0 Å². The number of nitrogens with one attached hydrogen (secondary N) is 2. The normalized spacial score (nSPS) is 12.8. The van der Waals surface area contributed by atoms with Crippen LogP contribution in [0.4, 0.5) is 11.4 Å². The summed E-state index contributed by atoms with van der Waals surface area (Å²) in [5, 5.41) is 16.1. The highest BCUT2D eigenvalue weighted by Gasteiger charge is 2.29. The molecule has 1 aliphatic heterocycles. The molecule has 0 unspecified atom stereocenters. The molecule has 2 amide bonds. The molecule has 0 fully saturated rings. The third kappa shape index (κ3) is 3.60. The third-order valence-electron chi connectivity index (χ3n) is 6.65. The molecule has 35 heavy (non-hydrogen) atoms. The van der Waals surface area contributed by atoms with Gasteiger partial charge in [-0.05, 0) is 60.7 Å². The van der Waals surface area contributed by atoms with Crippen LogP contribution in [-0.4, -0.2) is 28.4 Å². The van der Waals surface area contributed by atoms with Gasteiger partial charge in [0, 0.05) is 40.2 Å². The Hall–Kier alpha value is -4.58. The highest BCUT2D eigenvalue weighted by molar-refractivity contribution is 6.11. The lowest BCUT2D eigenvalue weighted by Crippen LogP contribution is -2.29. The van der Waals surface area contributed by atoms with E-state index >= 15 is 0 Å². The van der Waals surface area contributed by atoms with E-state index in [1.807, 2.05) is 61.5 Å². The molecule has 1 aromatic heterocycles. The molecule has 0 radical (unpaired) electrons. The molecule has 2 heterocycles. The first-order chi connectivity index (χ1) is 17.0. The predicted octanol–water partition coefficient (Wildman–Crippen LogP) is 5.79. The van der Waals surface area contributed by atoms with Crippen molar-refractivity contribution in [1.82, 2.24) is 4.98 Å². The number of hydrogen-bond acceptors (Lipinski definition) is 3. The van der Waals surface area contributed by atoms with Crippen LogP contribution in [0.15, 0.2) is 78.9 Å². The number of nitrogens with zero attached hydrogens (tertiary/aromatic N) is 1. The van der Waals surface area contributed by atoms with Gasteiger partial charge in [0.15, 0.2) is 0 Å². The molecule has 6 rings (SSSR count). The Morgan fingerprint density at radius 3 is 2.51 bits per heavy atom. The zero-order valence-electron chi connectivity index (χ0n) is 19.1. The number of phenolic OH excluding ortho intramolecular Hbond substituents is 1. The van der Waals surface area contributed by atoms with Gasteiger partial charge in [-0.1, -0.05) is 42.0 Å². The molecule has 6 heteroatoms. The molecular formula is C29H23N3O3. The van der Waals surface area contributed by atoms with Crippen LogP contribution in [0.1, 0.15) is 32.0 Å². The number of hydrogen-bond donors (Lipinski definition) is 3. The van der Waals surface area contributed by atoms with Gasteiger partial charge in [-0.3, -0.25) is 9.59 Å². The van der Waals surface area contributed by atoms with Crippen molar-refractivity contribution in [1.29, 1.82) is 0 Å². The van der Waals surface area contributed by atoms with Crippen molar-refractivity contribution in [2.45, 2.75) is 13.3 Å². The van der Waals surface area contributed by atoms with Crippen LogP contribution in [0, 0.1) is 6.92 Å². The van der Waals surface area contributed by atoms with Crippen molar-refractivity contribution in [3.8, 4) is 5.75 Å². The van der Waals surface area contributed by atoms with Crippen molar-refractivity contribution in [2.75, 3.05) is 16.8 Å². The molecule has 5 aromatic rings. The van der Waals surface area contributed by atoms with E-state index in [9.17, 15) is 14.7 Å². The van der Waals surface area contributed by atoms with Gasteiger partial charge in [0.1, 0.15) is 11.4 Å². The molecule has 0 aliphatic carbocycles. The topological polar surface area (TPSA) is 85.4 Å². The van der Waals surface area contributed by atoms with Crippen molar-refractivity contribution in [3.05, 3.63) is 101 Å². The summed E-state index contributed by atoms with van der Waals surface area (Å²) in [6.07, 6.45) is 0.733. The number of anilines is 2. The Morgan fingerprint density at radius 1 is 0.943 bits per heavy atom. The number of H-pyrrole nitrogens is 1. The van der Waals surface area contributed by atoms with E-state index in [-0.39, 0.29) is 17.6 Å². The Bertz CT molecular complexity index is 1630. The van der Waals surface area contributed by atoms with E-state index in [2.05, 4.69) is 10.3 Å². The fourth-order valence-corrected chi connectivity index (χ4v) is 4.84. The Morgan fingerprint density at radius 2 is 1.71 bits per heavy atom. The van der Waals surface area contributed by atoms with Gasteiger partial charge in [-0.2, -0.15) is 0 Å². The number of fused-ring (bicyclic) bond motifs is 4. The molecule has 0 atom stereocenters. The quantitative estimate of drug-likeness (QED) is 0.318. The Labute approximate surface area is 201 Å². The number of aromatic hydroxyl groups is 1. The minimum Gasteiger partial charge on any atom is -0.507 e. The van der Waals surface area contributed by atoms with Gasteiger partial charge in [-0.15, -0.1) is 0 Å². The third-order valence-corrected chi connectivity index (χ3v) is 6.65. The lowest BCUT2D eigenvalue weighted by molar-refractivity contribution is 0.0984. The molecule has 1 aliphatic rings. The lowest BCUT2D eigenvalue weighted by Gasteiger charge is -2.17. The van der Waals surface area contributed by atoms with E-state index in [1.165, 1.54) is 0 Å². The highest BCUT2D eigenvalue weighted by Crippen LogP contribution is 2.40. The fourth-order valence-electron chi connectivity index (χ4n) is 4.84. The second kappa shape index (κ2) is 8.02. The van der Waals surface area contributed by atoms with E-state index in [0.717, 1.165) is 44.9 Å². The number of aromatic amines is 1. The average molecular weight is 462 g/mol. The zero-order valence-corrected chi connectivity index (χ0v) is 19.1. The van der Waals surface area contributed by atoms with Gasteiger partial charge in [0.2, 0.25) is 0 Å². The minimum atomic E-state index is -0.183. The standard InChI is InChI=1S/C29H23N3O3/c1-17-6-8-18(9-7-17)28(34)30-20-10-11-24-19(14-20)15-25(31-24)29(35)32-13-12-22-21-4-2-3-5-23(21)27(33)16-26(22)32/h2-11,14-16,31,33H,12-13H2,1H3,(H,30,34). The van der Waals surface area contributed by atoms with Crippen molar-refractivity contribution in [3.63, 3.8) is 0 Å². The second-order valence-corrected chi connectivity index (χ2v) is 8.95. The van der Waals surface area contributed by atoms with Gasteiger partial charge < -0.3 is 20.3 Å². The smallest absolute Gasteiger partial charge is 0.274 e. The summed E-state index contributed by atoms with van der Waals surface area (Å²) in [6, 6.07) is 24.1. The minimum absolute atomic E-state index is 0.153. The summed E-state index contributed by atoms with van der Waals surface area (Å²) in [5.74, 6) is -0.165. The number of aryl methyl sites for hydroxylation is 1. The molecular weight excluding hydrogens is 438 g/mol. The summed E-state index contributed by atoms with van der Waals surface area (Å²) in [5.41, 5.74) is 5.43. The number of phenols is 1. The Kier molecular flexibility index (Phi) is 4.81. The summed E-state index contributed by atoms with van der Waals surface area (Å²) in [4.78, 5) is 31.0. The summed E-state index contributed by atoms with van der Waals surface area (Å²) in [6.45, 7) is 2.53. The summed E-state index contributed by atoms with van der Waals surface area (Å²) in [7, 11) is 0. The van der Waals surface area contributed by atoms with E-state index in [0.29, 0.717) is 23.5 Å². The van der Waals surface area contributed by atoms with Crippen LogP contribution in [-0.2, 0) is 6.42 Å². The molecule has 4 aromatic carbocycles. The maximum Gasteiger partial charge on any atom is 0.274 e. The molecule has 172 valence electrons. The van der Waals surface area contributed by atoms with Crippen molar-refractivity contribution < 1.29 is 14.7 Å². The highest BCUT2D eigenvalue weighted by atomic mass is 16.3. The maximum absolute atomic E-state index is 13.4. The number of benzene rings is 4. The zero-order chi connectivity index (χ0) is 24.1. The molecule has 0 saturated heterocycles. The van der Waals surface area contributed by atoms with Crippen LogP contribution < -0.4 is 10.2 Å². The van der Waals surface area contributed by atoms with Crippen LogP contribution in [0.25, 0.3) is 21.7 Å². The van der Waals surface area contributed by atoms with Crippen LogP contribution in [0.2, 0.25) is 0 Å². The average Bonchev–Trinajstić information content (AvgIpc) is 3.48. The van der Waals surface area contributed by atoms with Crippen LogP contribution in [0.5, 0.6) is 5.75 Å². The van der Waals surface area contributed by atoms with Crippen molar-refractivity contribution >= 4 is 44.9 Å². The van der Waals surface area contributed by atoms with Crippen LogP contribution in [0.3, 0.4) is 0 Å². The monoisotopic (exact) mass is 461 g/mol. The Balaban J connectivity index is 1.28. The summed E-state index contributed by atoms with van der Waals surface area (Å²) < 4.78 is 0.